The van der Waals surface area contributed by atoms with Crippen LogP contribution in [-0.2, 0) is 25.6 Å². The van der Waals surface area contributed by atoms with Crippen molar-refractivity contribution in [2.24, 2.45) is 0 Å². The summed E-state index contributed by atoms with van der Waals surface area (Å²) in [6, 6.07) is 11.4. The zero-order valence-electron chi connectivity index (χ0n) is 22.2. The highest BCUT2D eigenvalue weighted by Crippen LogP contribution is 2.36. The monoisotopic (exact) mass is 517 g/mol. The SMILES string of the molecule is CC(C)c1cc(C(C)C)c(S(=O)(=O)OCC(=O)N(Cc2ccc(C=S)cc2)C(C)C)c(C(C)C)c1. The van der Waals surface area contributed by atoms with Gasteiger partial charge in [-0.25, -0.2) is 0 Å². The van der Waals surface area contributed by atoms with E-state index >= 15 is 0 Å². The molecule has 0 radical (unpaired) electrons. The van der Waals surface area contributed by atoms with Gasteiger partial charge in [-0.1, -0.05) is 90.2 Å². The molecule has 7 heteroatoms. The molecule has 5 nitrogen and oxygen atoms in total. The van der Waals surface area contributed by atoms with Gasteiger partial charge >= 0.3 is 0 Å². The van der Waals surface area contributed by atoms with Crippen LogP contribution in [0.2, 0.25) is 0 Å². The van der Waals surface area contributed by atoms with Gasteiger partial charge in [0.25, 0.3) is 16.0 Å². The van der Waals surface area contributed by atoms with Crippen LogP contribution in [0.4, 0.5) is 0 Å². The Morgan fingerprint density at radius 2 is 1.43 bits per heavy atom. The first-order chi connectivity index (χ1) is 16.3. The Labute approximate surface area is 217 Å². The van der Waals surface area contributed by atoms with E-state index < -0.39 is 16.7 Å². The van der Waals surface area contributed by atoms with Crippen molar-refractivity contribution in [1.82, 2.24) is 4.90 Å². The van der Waals surface area contributed by atoms with Crippen molar-refractivity contribution in [1.29, 1.82) is 0 Å². The van der Waals surface area contributed by atoms with Crippen molar-refractivity contribution in [2.75, 3.05) is 6.61 Å². The van der Waals surface area contributed by atoms with Gasteiger partial charge in [0, 0.05) is 18.0 Å². The predicted octanol–water partition coefficient (Wildman–Crippen LogP) is 6.55. The molecule has 0 bridgehead atoms. The number of hydrogen-bond donors (Lipinski definition) is 0. The molecule has 2 aromatic carbocycles. The van der Waals surface area contributed by atoms with Gasteiger partial charge in [-0.05, 0) is 59.4 Å². The second-order valence-corrected chi connectivity index (χ2v) is 12.0. The molecule has 0 unspecified atom stereocenters. The highest BCUT2D eigenvalue weighted by atomic mass is 32.2. The van der Waals surface area contributed by atoms with E-state index in [1.165, 1.54) is 0 Å². The summed E-state index contributed by atoms with van der Waals surface area (Å²) >= 11 is 4.95. The summed E-state index contributed by atoms with van der Waals surface area (Å²) in [5, 5.41) is 1.60. The fourth-order valence-electron chi connectivity index (χ4n) is 3.91. The van der Waals surface area contributed by atoms with Crippen molar-refractivity contribution < 1.29 is 17.4 Å². The molecule has 0 atom stereocenters. The number of carbonyl (C=O) groups is 1. The molecule has 0 aliphatic heterocycles. The van der Waals surface area contributed by atoms with Gasteiger partial charge in [0.15, 0.2) is 0 Å². The third-order valence-electron chi connectivity index (χ3n) is 6.08. The number of benzene rings is 2. The van der Waals surface area contributed by atoms with E-state index in [-0.39, 0.29) is 34.6 Å². The van der Waals surface area contributed by atoms with E-state index in [1.54, 1.807) is 10.3 Å². The summed E-state index contributed by atoms with van der Waals surface area (Å²) in [6.45, 7) is 15.7. The minimum atomic E-state index is -4.15. The molecule has 0 saturated heterocycles. The normalized spacial score (nSPS) is 12.1. The number of nitrogens with zero attached hydrogens (tertiary/aromatic N) is 1. The maximum atomic E-state index is 13.5. The van der Waals surface area contributed by atoms with Gasteiger partial charge in [-0.2, -0.15) is 8.42 Å². The summed E-state index contributed by atoms with van der Waals surface area (Å²) < 4.78 is 32.4. The molecule has 0 aliphatic carbocycles. The van der Waals surface area contributed by atoms with Gasteiger partial charge in [0.2, 0.25) is 0 Å². The highest BCUT2D eigenvalue weighted by Gasteiger charge is 2.29. The van der Waals surface area contributed by atoms with E-state index in [0.29, 0.717) is 6.54 Å². The second-order valence-electron chi connectivity index (χ2n) is 10.2. The molecule has 0 fully saturated rings. The van der Waals surface area contributed by atoms with Crippen LogP contribution >= 0.6 is 12.2 Å². The molecule has 2 aromatic rings. The lowest BCUT2D eigenvalue weighted by Gasteiger charge is -2.27. The Hall–Kier alpha value is -2.09. The molecule has 0 N–H and O–H groups in total. The quantitative estimate of drug-likeness (QED) is 0.250. The number of hydrogen-bond acceptors (Lipinski definition) is 5. The third kappa shape index (κ3) is 7.45. The van der Waals surface area contributed by atoms with Crippen molar-refractivity contribution in [3.63, 3.8) is 0 Å². The van der Waals surface area contributed by atoms with Crippen LogP contribution < -0.4 is 0 Å². The summed E-state index contributed by atoms with van der Waals surface area (Å²) in [4.78, 5) is 14.9. The largest absolute Gasteiger partial charge is 0.334 e. The lowest BCUT2D eigenvalue weighted by atomic mass is 9.89. The average Bonchev–Trinajstić information content (AvgIpc) is 2.80. The van der Waals surface area contributed by atoms with E-state index in [1.807, 2.05) is 77.9 Å². The van der Waals surface area contributed by atoms with Crippen molar-refractivity contribution in [2.45, 2.75) is 90.6 Å². The molecule has 0 aromatic heterocycles. The highest BCUT2D eigenvalue weighted by molar-refractivity contribution is 7.87. The van der Waals surface area contributed by atoms with Crippen LogP contribution in [0.1, 0.15) is 101 Å². The van der Waals surface area contributed by atoms with Gasteiger partial charge in [-0.3, -0.25) is 8.98 Å². The first-order valence-electron chi connectivity index (χ1n) is 12.2. The van der Waals surface area contributed by atoms with Crippen molar-refractivity contribution in [3.05, 3.63) is 64.2 Å². The van der Waals surface area contributed by atoms with Crippen LogP contribution in [0, 0.1) is 0 Å². The van der Waals surface area contributed by atoms with Crippen LogP contribution in [-0.4, -0.2) is 37.2 Å². The topological polar surface area (TPSA) is 63.7 Å². The molecule has 0 spiro atoms. The van der Waals surface area contributed by atoms with Crippen LogP contribution in [0.25, 0.3) is 0 Å². The molecule has 0 aliphatic rings. The average molecular weight is 518 g/mol. The van der Waals surface area contributed by atoms with Gasteiger partial charge in [0.05, 0.1) is 0 Å². The predicted molar refractivity (Wildman–Crippen MR) is 147 cm³/mol. The second kappa shape index (κ2) is 12.2. The Kier molecular flexibility index (Phi) is 10.2. The van der Waals surface area contributed by atoms with Gasteiger partial charge in [-0.15, -0.1) is 0 Å². The molecule has 35 heavy (non-hydrogen) atoms. The fraction of sp³-hybridized carbons (Fsp3) is 0.500. The minimum absolute atomic E-state index is 0.0159. The number of amides is 1. The maximum absolute atomic E-state index is 13.5. The minimum Gasteiger partial charge on any atom is -0.334 e. The molecular weight excluding hydrogens is 478 g/mol. The Balaban J connectivity index is 2.34. The Morgan fingerprint density at radius 3 is 1.83 bits per heavy atom. The molecule has 0 heterocycles. The molecular formula is C28H39NO4S2. The Bertz CT molecular complexity index is 1110. The van der Waals surface area contributed by atoms with Crippen molar-refractivity contribution >= 4 is 33.6 Å². The maximum Gasteiger partial charge on any atom is 0.298 e. The van der Waals surface area contributed by atoms with Crippen LogP contribution in [0.5, 0.6) is 0 Å². The van der Waals surface area contributed by atoms with Gasteiger partial charge in [0.1, 0.15) is 11.5 Å². The fourth-order valence-corrected chi connectivity index (χ4v) is 5.60. The molecule has 1 amide bonds. The van der Waals surface area contributed by atoms with E-state index in [0.717, 1.165) is 27.8 Å². The standard InChI is InChI=1S/C28H39NO4S2/c1-18(2)24-13-25(19(3)4)28(26(14-24)20(5)6)35(31,32)33-16-27(30)29(21(7)8)15-22-9-11-23(17-34)12-10-22/h9-14,17-21H,15-16H2,1-8H3. The van der Waals surface area contributed by atoms with E-state index in [2.05, 4.69) is 13.8 Å². The smallest absolute Gasteiger partial charge is 0.298 e. The summed E-state index contributed by atoms with van der Waals surface area (Å²) in [5.41, 5.74) is 4.41. The summed E-state index contributed by atoms with van der Waals surface area (Å²) in [7, 11) is -4.15. The third-order valence-corrected chi connectivity index (χ3v) is 7.75. The molecule has 2 rings (SSSR count). The summed E-state index contributed by atoms with van der Waals surface area (Å²) in [6.07, 6.45) is 0. The Morgan fingerprint density at radius 1 is 0.914 bits per heavy atom. The zero-order valence-corrected chi connectivity index (χ0v) is 23.8. The molecule has 192 valence electrons. The number of thiocarbonyl (C=S) groups is 1. The lowest BCUT2D eigenvalue weighted by Crippen LogP contribution is -2.39. The van der Waals surface area contributed by atoms with Gasteiger partial charge < -0.3 is 4.90 Å². The van der Waals surface area contributed by atoms with Crippen LogP contribution in [0.15, 0.2) is 41.3 Å². The van der Waals surface area contributed by atoms with E-state index in [9.17, 15) is 13.2 Å². The summed E-state index contributed by atoms with van der Waals surface area (Å²) in [5.74, 6) is -0.143. The van der Waals surface area contributed by atoms with E-state index in [4.69, 9.17) is 16.4 Å². The zero-order chi connectivity index (χ0) is 26.5. The lowest BCUT2D eigenvalue weighted by molar-refractivity contribution is -0.135. The molecule has 0 saturated carbocycles. The van der Waals surface area contributed by atoms with Crippen molar-refractivity contribution in [3.8, 4) is 0 Å². The number of carbonyl (C=O) groups excluding carboxylic acids is 1. The first-order valence-corrected chi connectivity index (χ1v) is 14.1. The first kappa shape index (κ1) is 29.1. The van der Waals surface area contributed by atoms with Crippen LogP contribution in [0.3, 0.4) is 0 Å². The number of rotatable bonds is 11.